The van der Waals surface area contributed by atoms with Crippen molar-refractivity contribution in [3.63, 3.8) is 0 Å². The van der Waals surface area contributed by atoms with Crippen LogP contribution in [0.5, 0.6) is 0 Å². The van der Waals surface area contributed by atoms with Crippen LogP contribution in [0.15, 0.2) is 47.5 Å². The summed E-state index contributed by atoms with van der Waals surface area (Å²) in [5, 5.41) is 8.66. The van der Waals surface area contributed by atoms with Crippen molar-refractivity contribution in [2.75, 3.05) is 18.8 Å². The third kappa shape index (κ3) is 3.46. The predicted octanol–water partition coefficient (Wildman–Crippen LogP) is 3.05. The van der Waals surface area contributed by atoms with Crippen molar-refractivity contribution >= 4 is 33.3 Å². The molecule has 0 aromatic carbocycles. The molecule has 31 heavy (non-hydrogen) atoms. The van der Waals surface area contributed by atoms with Crippen LogP contribution in [0.1, 0.15) is 31.4 Å². The topological polar surface area (TPSA) is 107 Å². The van der Waals surface area contributed by atoms with Gasteiger partial charge in [0.25, 0.3) is 0 Å². The smallest absolute Gasteiger partial charge is 0.219 e. The normalized spacial score (nSPS) is 15.0. The van der Waals surface area contributed by atoms with Crippen LogP contribution < -0.4 is 5.73 Å². The summed E-state index contributed by atoms with van der Waals surface area (Å²) in [6.07, 6.45) is 8.82. The third-order valence-corrected chi connectivity index (χ3v) is 6.59. The first-order valence-electron chi connectivity index (χ1n) is 10.1. The minimum absolute atomic E-state index is 0.115. The zero-order valence-electron chi connectivity index (χ0n) is 16.9. The SMILES string of the molecule is CC(=O)N1CCC(c2nc3c(-c4ccc(-n5cccn5)nc4)cnn3c(N)c2Br)CC1. The lowest BCUT2D eigenvalue weighted by Gasteiger charge is -2.31. The van der Waals surface area contributed by atoms with Crippen LogP contribution in [-0.4, -0.2) is 53.3 Å². The van der Waals surface area contributed by atoms with Crippen molar-refractivity contribution in [2.45, 2.75) is 25.7 Å². The maximum Gasteiger partial charge on any atom is 0.219 e. The largest absolute Gasteiger partial charge is 0.383 e. The minimum atomic E-state index is 0.115. The number of nitrogens with two attached hydrogens (primary N) is 1. The summed E-state index contributed by atoms with van der Waals surface area (Å²) in [7, 11) is 0. The highest BCUT2D eigenvalue weighted by atomic mass is 79.9. The van der Waals surface area contributed by atoms with Crippen LogP contribution in [0, 0.1) is 0 Å². The molecule has 158 valence electrons. The van der Waals surface area contributed by atoms with Crippen molar-refractivity contribution in [3.8, 4) is 16.9 Å². The Bertz CT molecular complexity index is 1240. The number of nitrogens with zero attached hydrogens (tertiary/aromatic N) is 7. The van der Waals surface area contributed by atoms with Crippen LogP contribution in [0.3, 0.4) is 0 Å². The van der Waals surface area contributed by atoms with E-state index in [1.165, 1.54) is 0 Å². The molecule has 4 aromatic rings. The van der Waals surface area contributed by atoms with E-state index in [1.807, 2.05) is 29.3 Å². The molecule has 1 fully saturated rings. The van der Waals surface area contributed by atoms with Gasteiger partial charge in [0.15, 0.2) is 11.5 Å². The van der Waals surface area contributed by atoms with E-state index in [2.05, 4.69) is 31.1 Å². The van der Waals surface area contributed by atoms with Gasteiger partial charge in [0.05, 0.1) is 16.4 Å². The van der Waals surface area contributed by atoms with Crippen molar-refractivity contribution in [1.82, 2.24) is 34.3 Å². The molecule has 10 heteroatoms. The quantitative estimate of drug-likeness (QED) is 0.482. The van der Waals surface area contributed by atoms with Crippen molar-refractivity contribution in [1.29, 1.82) is 0 Å². The number of rotatable bonds is 3. The number of likely N-dealkylation sites (tertiary alicyclic amines) is 1. The molecular weight excluding hydrogens is 460 g/mol. The molecule has 0 spiro atoms. The number of pyridine rings is 1. The first-order chi connectivity index (χ1) is 15.0. The molecule has 4 aromatic heterocycles. The number of carbonyl (C=O) groups is 1. The fourth-order valence-electron chi connectivity index (χ4n) is 4.04. The molecule has 1 saturated heterocycles. The maximum atomic E-state index is 11.7. The summed E-state index contributed by atoms with van der Waals surface area (Å²) in [5.41, 5.74) is 9.77. The van der Waals surface area contributed by atoms with E-state index in [0.717, 1.165) is 53.0 Å². The molecule has 0 aliphatic carbocycles. The number of anilines is 1. The van der Waals surface area contributed by atoms with Gasteiger partial charge in [-0.2, -0.15) is 14.7 Å². The fraction of sp³-hybridized carbons (Fsp3) is 0.286. The van der Waals surface area contributed by atoms with E-state index in [1.54, 1.807) is 34.7 Å². The Morgan fingerprint density at radius 1 is 1.19 bits per heavy atom. The first kappa shape index (κ1) is 19.7. The standard InChI is InChI=1S/C21H21BrN8O/c1-13(31)28-9-5-14(6-10-28)19-18(22)20(23)30-21(27-19)16(12-26-30)15-3-4-17(24-11-15)29-8-2-7-25-29/h2-4,7-8,11-12,14H,5-6,9-10,23H2,1H3. The van der Waals surface area contributed by atoms with Crippen LogP contribution in [0.2, 0.25) is 0 Å². The maximum absolute atomic E-state index is 11.7. The molecule has 9 nitrogen and oxygen atoms in total. The Morgan fingerprint density at radius 3 is 2.65 bits per heavy atom. The number of nitrogen functional groups attached to an aromatic ring is 1. The lowest BCUT2D eigenvalue weighted by molar-refractivity contribution is -0.129. The van der Waals surface area contributed by atoms with Crippen LogP contribution in [0.25, 0.3) is 22.6 Å². The zero-order chi connectivity index (χ0) is 21.5. The second-order valence-corrected chi connectivity index (χ2v) is 8.42. The van der Waals surface area contributed by atoms with Gasteiger partial charge in [-0.15, -0.1) is 0 Å². The molecule has 2 N–H and O–H groups in total. The van der Waals surface area contributed by atoms with E-state index >= 15 is 0 Å². The van der Waals surface area contributed by atoms with Crippen molar-refractivity contribution < 1.29 is 4.79 Å². The average Bonchev–Trinajstić information content (AvgIpc) is 3.47. The van der Waals surface area contributed by atoms with Crippen LogP contribution >= 0.6 is 15.9 Å². The molecule has 5 heterocycles. The number of hydrogen-bond donors (Lipinski definition) is 1. The van der Waals surface area contributed by atoms with E-state index in [9.17, 15) is 4.79 Å². The summed E-state index contributed by atoms with van der Waals surface area (Å²) in [6, 6.07) is 5.74. The minimum Gasteiger partial charge on any atom is -0.383 e. The van der Waals surface area contributed by atoms with Gasteiger partial charge in [-0.05, 0) is 47.0 Å². The number of hydrogen-bond acceptors (Lipinski definition) is 6. The van der Waals surface area contributed by atoms with Crippen LogP contribution in [-0.2, 0) is 4.79 Å². The van der Waals surface area contributed by atoms with Gasteiger partial charge in [0.1, 0.15) is 5.82 Å². The van der Waals surface area contributed by atoms with Gasteiger partial charge in [-0.1, -0.05) is 0 Å². The monoisotopic (exact) mass is 480 g/mol. The second-order valence-electron chi connectivity index (χ2n) is 7.63. The van der Waals surface area contributed by atoms with Crippen molar-refractivity contribution in [3.05, 3.63) is 53.2 Å². The van der Waals surface area contributed by atoms with Gasteiger partial charge in [0.2, 0.25) is 5.91 Å². The summed E-state index contributed by atoms with van der Waals surface area (Å²) >= 11 is 3.63. The van der Waals surface area contributed by atoms with Gasteiger partial charge in [0, 0.05) is 55.6 Å². The first-order valence-corrected chi connectivity index (χ1v) is 10.9. The highest BCUT2D eigenvalue weighted by Crippen LogP contribution is 2.36. The van der Waals surface area contributed by atoms with Crippen molar-refractivity contribution in [2.24, 2.45) is 0 Å². The molecule has 0 saturated carbocycles. The number of fused-ring (bicyclic) bond motifs is 1. The molecular formula is C21H21BrN8O. The molecule has 5 rings (SSSR count). The Balaban J connectivity index is 1.52. The average molecular weight is 481 g/mol. The third-order valence-electron chi connectivity index (χ3n) is 5.77. The molecule has 1 amide bonds. The van der Waals surface area contributed by atoms with Gasteiger partial charge in [-0.25, -0.2) is 14.6 Å². The Kier molecular flexibility index (Phi) is 4.93. The Hall–Kier alpha value is -3.27. The van der Waals surface area contributed by atoms with Gasteiger partial charge < -0.3 is 10.6 Å². The Morgan fingerprint density at radius 2 is 2.00 bits per heavy atom. The van der Waals surface area contributed by atoms with Gasteiger partial charge in [-0.3, -0.25) is 4.79 Å². The summed E-state index contributed by atoms with van der Waals surface area (Å²) in [5.74, 6) is 1.59. The number of aromatic nitrogens is 6. The molecule has 0 radical (unpaired) electrons. The van der Waals surface area contributed by atoms with Gasteiger partial charge >= 0.3 is 0 Å². The van der Waals surface area contributed by atoms with E-state index < -0.39 is 0 Å². The molecule has 0 unspecified atom stereocenters. The predicted molar refractivity (Wildman–Crippen MR) is 120 cm³/mol. The number of piperidine rings is 1. The number of halogens is 1. The molecule has 0 atom stereocenters. The molecule has 0 bridgehead atoms. The number of carbonyl (C=O) groups excluding carboxylic acids is 1. The number of amides is 1. The van der Waals surface area contributed by atoms with E-state index in [4.69, 9.17) is 10.7 Å². The lowest BCUT2D eigenvalue weighted by Crippen LogP contribution is -2.36. The summed E-state index contributed by atoms with van der Waals surface area (Å²) in [6.45, 7) is 3.07. The zero-order valence-corrected chi connectivity index (χ0v) is 18.5. The van der Waals surface area contributed by atoms with E-state index in [0.29, 0.717) is 11.5 Å². The summed E-state index contributed by atoms with van der Waals surface area (Å²) < 4.78 is 4.12. The Labute approximate surface area is 187 Å². The lowest BCUT2D eigenvalue weighted by atomic mass is 9.93. The summed E-state index contributed by atoms with van der Waals surface area (Å²) in [4.78, 5) is 23.0. The molecule has 1 aliphatic heterocycles. The van der Waals surface area contributed by atoms with Crippen LogP contribution in [0.4, 0.5) is 5.82 Å². The highest BCUT2D eigenvalue weighted by molar-refractivity contribution is 9.10. The fourth-order valence-corrected chi connectivity index (χ4v) is 4.62. The molecule has 1 aliphatic rings. The van der Waals surface area contributed by atoms with E-state index in [-0.39, 0.29) is 11.8 Å². The second kappa shape index (κ2) is 7.77. The highest BCUT2D eigenvalue weighted by Gasteiger charge is 2.27.